The second-order valence-electron chi connectivity index (χ2n) is 3.42. The van der Waals surface area contributed by atoms with Crippen molar-refractivity contribution >= 4 is 5.97 Å². The largest absolute Gasteiger partial charge is 0.477 e. The van der Waals surface area contributed by atoms with Gasteiger partial charge < -0.3 is 9.84 Å². The minimum absolute atomic E-state index is 0.0846. The first-order chi connectivity index (χ1) is 7.65. The van der Waals surface area contributed by atoms with Crippen LogP contribution in [0.3, 0.4) is 0 Å². The molecule has 88 valence electrons. The van der Waals surface area contributed by atoms with Crippen LogP contribution in [0.1, 0.15) is 35.2 Å². The lowest BCUT2D eigenvalue weighted by atomic mass is 10.2. The van der Waals surface area contributed by atoms with Gasteiger partial charge >= 0.3 is 5.97 Å². The molecule has 5 nitrogen and oxygen atoms in total. The lowest BCUT2D eigenvalue weighted by Gasteiger charge is -2.03. The molecule has 0 fully saturated rings. The molecule has 0 unspecified atom stereocenters. The summed E-state index contributed by atoms with van der Waals surface area (Å²) in [7, 11) is 0. The van der Waals surface area contributed by atoms with Crippen molar-refractivity contribution in [1.29, 1.82) is 0 Å². The van der Waals surface area contributed by atoms with Gasteiger partial charge in [0.2, 0.25) is 0 Å². The van der Waals surface area contributed by atoms with Crippen molar-refractivity contribution in [2.24, 2.45) is 0 Å². The molecule has 1 heterocycles. The van der Waals surface area contributed by atoms with Gasteiger partial charge in [0.05, 0.1) is 0 Å². The number of hydrogen-bond acceptors (Lipinski definition) is 4. The van der Waals surface area contributed by atoms with Crippen molar-refractivity contribution in [3.63, 3.8) is 0 Å². The first-order valence-corrected chi connectivity index (χ1v) is 5.28. The second-order valence-corrected chi connectivity index (χ2v) is 3.42. The van der Waals surface area contributed by atoms with Crippen molar-refractivity contribution in [1.82, 2.24) is 9.97 Å². The van der Waals surface area contributed by atoms with Crippen molar-refractivity contribution in [3.8, 4) is 0 Å². The minimum Gasteiger partial charge on any atom is -0.477 e. The summed E-state index contributed by atoms with van der Waals surface area (Å²) >= 11 is 0. The van der Waals surface area contributed by atoms with E-state index in [1.165, 1.54) is 0 Å². The topological polar surface area (TPSA) is 72.3 Å². The number of nitrogens with zero attached hydrogens (tertiary/aromatic N) is 2. The molecule has 0 atom stereocenters. The number of ether oxygens (including phenoxy) is 1. The molecule has 0 bridgehead atoms. The van der Waals surface area contributed by atoms with Gasteiger partial charge in [0.25, 0.3) is 0 Å². The van der Waals surface area contributed by atoms with Crippen LogP contribution < -0.4 is 0 Å². The molecule has 1 rings (SSSR count). The molecule has 5 heteroatoms. The molecule has 0 amide bonds. The molecule has 0 aliphatic carbocycles. The van der Waals surface area contributed by atoms with Crippen LogP contribution in [-0.4, -0.2) is 34.3 Å². The quantitative estimate of drug-likeness (QED) is 0.740. The zero-order valence-corrected chi connectivity index (χ0v) is 9.56. The monoisotopic (exact) mass is 224 g/mol. The second kappa shape index (κ2) is 6.17. The molecule has 0 radical (unpaired) electrons. The van der Waals surface area contributed by atoms with Gasteiger partial charge in [-0.1, -0.05) is 0 Å². The normalized spacial score (nSPS) is 10.4. The van der Waals surface area contributed by atoms with E-state index < -0.39 is 5.97 Å². The highest BCUT2D eigenvalue weighted by atomic mass is 16.5. The molecule has 0 saturated heterocycles. The van der Waals surface area contributed by atoms with Crippen LogP contribution >= 0.6 is 0 Å². The molecule has 0 saturated carbocycles. The van der Waals surface area contributed by atoms with Crippen LogP contribution in [0.2, 0.25) is 0 Å². The fourth-order valence-electron chi connectivity index (χ4n) is 1.29. The summed E-state index contributed by atoms with van der Waals surface area (Å²) in [6.07, 6.45) is 2.99. The Morgan fingerprint density at radius 3 is 2.94 bits per heavy atom. The fourth-order valence-corrected chi connectivity index (χ4v) is 1.29. The van der Waals surface area contributed by atoms with E-state index in [1.807, 2.05) is 6.92 Å². The smallest absolute Gasteiger partial charge is 0.354 e. The standard InChI is InChI=1S/C11H16N2O3/c1-3-16-6-4-5-9-12-7-8(2)10(13-9)11(14)15/h7H,3-6H2,1-2H3,(H,14,15). The summed E-state index contributed by atoms with van der Waals surface area (Å²) < 4.78 is 5.18. The summed E-state index contributed by atoms with van der Waals surface area (Å²) in [5.41, 5.74) is 0.669. The van der Waals surface area contributed by atoms with E-state index in [0.29, 0.717) is 31.0 Å². The lowest BCUT2D eigenvalue weighted by Crippen LogP contribution is -2.08. The van der Waals surface area contributed by atoms with Crippen molar-refractivity contribution in [3.05, 3.63) is 23.3 Å². The molecule has 0 aliphatic heterocycles. The Balaban J connectivity index is 2.61. The average Bonchev–Trinajstić information content (AvgIpc) is 2.26. The van der Waals surface area contributed by atoms with E-state index in [4.69, 9.17) is 9.84 Å². The maximum Gasteiger partial charge on any atom is 0.354 e. The number of aryl methyl sites for hydroxylation is 2. The number of aromatic nitrogens is 2. The molecule has 0 aliphatic rings. The Hall–Kier alpha value is -1.49. The van der Waals surface area contributed by atoms with Gasteiger partial charge in [0.15, 0.2) is 5.69 Å². The van der Waals surface area contributed by atoms with Crippen LogP contribution in [0, 0.1) is 6.92 Å². The first-order valence-electron chi connectivity index (χ1n) is 5.28. The first kappa shape index (κ1) is 12.6. The number of carboxylic acids is 1. The van der Waals surface area contributed by atoms with Gasteiger partial charge in [-0.05, 0) is 20.3 Å². The summed E-state index contributed by atoms with van der Waals surface area (Å²) in [5, 5.41) is 8.88. The van der Waals surface area contributed by atoms with E-state index in [9.17, 15) is 4.79 Å². The number of rotatable bonds is 6. The highest BCUT2D eigenvalue weighted by Gasteiger charge is 2.10. The molecule has 0 spiro atoms. The molecule has 0 aromatic carbocycles. The van der Waals surface area contributed by atoms with E-state index >= 15 is 0 Å². The Morgan fingerprint density at radius 1 is 1.56 bits per heavy atom. The summed E-state index contributed by atoms with van der Waals surface area (Å²) in [6, 6.07) is 0. The Bertz CT molecular complexity index is 366. The Kier molecular flexibility index (Phi) is 4.85. The molecule has 16 heavy (non-hydrogen) atoms. The van der Waals surface area contributed by atoms with Crippen LogP contribution in [0.4, 0.5) is 0 Å². The van der Waals surface area contributed by atoms with Gasteiger partial charge in [-0.15, -0.1) is 0 Å². The molecular weight excluding hydrogens is 208 g/mol. The van der Waals surface area contributed by atoms with Crippen molar-refractivity contribution < 1.29 is 14.6 Å². The van der Waals surface area contributed by atoms with Crippen LogP contribution in [0.25, 0.3) is 0 Å². The predicted molar refractivity (Wildman–Crippen MR) is 58.5 cm³/mol. The maximum atomic E-state index is 10.8. The van der Waals surface area contributed by atoms with Gasteiger partial charge in [-0.25, -0.2) is 14.8 Å². The van der Waals surface area contributed by atoms with E-state index in [0.717, 1.165) is 6.42 Å². The van der Waals surface area contributed by atoms with E-state index in [-0.39, 0.29) is 5.69 Å². The average molecular weight is 224 g/mol. The molecular formula is C11H16N2O3. The fraction of sp³-hybridized carbons (Fsp3) is 0.545. The van der Waals surface area contributed by atoms with Crippen molar-refractivity contribution in [2.75, 3.05) is 13.2 Å². The molecule has 1 aromatic heterocycles. The zero-order valence-electron chi connectivity index (χ0n) is 9.56. The van der Waals surface area contributed by atoms with Gasteiger partial charge in [0, 0.05) is 31.4 Å². The summed E-state index contributed by atoms with van der Waals surface area (Å²) in [5.74, 6) is -0.450. The van der Waals surface area contributed by atoms with Gasteiger partial charge in [-0.3, -0.25) is 0 Å². The number of aromatic carboxylic acids is 1. The van der Waals surface area contributed by atoms with Crippen molar-refractivity contribution in [2.45, 2.75) is 26.7 Å². The van der Waals surface area contributed by atoms with Gasteiger partial charge in [0.1, 0.15) is 5.82 Å². The Morgan fingerprint density at radius 2 is 2.31 bits per heavy atom. The summed E-state index contributed by atoms with van der Waals surface area (Å²) in [4.78, 5) is 18.9. The number of carbonyl (C=O) groups is 1. The molecule has 1 N–H and O–H groups in total. The summed E-state index contributed by atoms with van der Waals surface area (Å²) in [6.45, 7) is 4.96. The van der Waals surface area contributed by atoms with Crippen LogP contribution in [0.5, 0.6) is 0 Å². The van der Waals surface area contributed by atoms with E-state index in [1.54, 1.807) is 13.1 Å². The third-order valence-corrected chi connectivity index (χ3v) is 2.12. The van der Waals surface area contributed by atoms with E-state index in [2.05, 4.69) is 9.97 Å². The molecule has 1 aromatic rings. The number of hydrogen-bond donors (Lipinski definition) is 1. The lowest BCUT2D eigenvalue weighted by molar-refractivity contribution is 0.0689. The highest BCUT2D eigenvalue weighted by molar-refractivity contribution is 5.86. The maximum absolute atomic E-state index is 10.8. The van der Waals surface area contributed by atoms with Crippen LogP contribution in [-0.2, 0) is 11.2 Å². The third kappa shape index (κ3) is 3.58. The van der Waals surface area contributed by atoms with Crippen LogP contribution in [0.15, 0.2) is 6.20 Å². The highest BCUT2D eigenvalue weighted by Crippen LogP contribution is 2.05. The zero-order chi connectivity index (χ0) is 12.0. The minimum atomic E-state index is -1.01. The van der Waals surface area contributed by atoms with Gasteiger partial charge in [-0.2, -0.15) is 0 Å². The SMILES string of the molecule is CCOCCCc1ncc(C)c(C(=O)O)n1. The predicted octanol–water partition coefficient (Wildman–Crippen LogP) is 1.45. The Labute approximate surface area is 94.5 Å². The third-order valence-electron chi connectivity index (χ3n) is 2.12. The number of carboxylic acid groups (broad SMARTS) is 1.